The van der Waals surface area contributed by atoms with Crippen molar-refractivity contribution in [3.05, 3.63) is 89.5 Å². The molecule has 2 N–H and O–H groups in total. The second kappa shape index (κ2) is 10.1. The quantitative estimate of drug-likeness (QED) is 0.466. The number of nitrogens with zero attached hydrogens (tertiary/aromatic N) is 1. The van der Waals surface area contributed by atoms with Crippen LogP contribution in [0.15, 0.2) is 72.8 Å². The highest BCUT2D eigenvalue weighted by Crippen LogP contribution is 2.47. The minimum absolute atomic E-state index is 0. The van der Waals surface area contributed by atoms with Gasteiger partial charge >= 0.3 is 0 Å². The van der Waals surface area contributed by atoms with E-state index in [2.05, 4.69) is 64.8 Å². The summed E-state index contributed by atoms with van der Waals surface area (Å²) in [5, 5.41) is 13.5. The Morgan fingerprint density at radius 1 is 0.829 bits per heavy atom. The highest BCUT2D eigenvalue weighted by atomic mass is 35.5. The van der Waals surface area contributed by atoms with E-state index in [0.717, 1.165) is 24.4 Å². The molecule has 1 spiro atoms. The third-order valence-corrected chi connectivity index (χ3v) is 8.49. The van der Waals surface area contributed by atoms with E-state index >= 15 is 0 Å². The Bertz CT molecular complexity index is 1120. The molecule has 3 aliphatic heterocycles. The number of anilines is 1. The summed E-state index contributed by atoms with van der Waals surface area (Å²) in [5.41, 5.74) is 5.65. The molecule has 0 unspecified atom stereocenters. The van der Waals surface area contributed by atoms with Crippen molar-refractivity contribution in [1.29, 1.82) is 0 Å². The zero-order valence-electron chi connectivity index (χ0n) is 20.2. The lowest BCUT2D eigenvalue weighted by atomic mass is 9.71. The van der Waals surface area contributed by atoms with Crippen LogP contribution in [0.2, 0.25) is 0 Å². The van der Waals surface area contributed by atoms with Crippen LogP contribution < -0.4 is 15.0 Å². The maximum Gasteiger partial charge on any atom is 0.126 e. The molecular formula is C30H35ClN2O2. The zero-order chi connectivity index (χ0) is 23.0. The molecule has 3 aliphatic rings. The van der Waals surface area contributed by atoms with Crippen LogP contribution in [0, 0.1) is 5.41 Å². The summed E-state index contributed by atoms with van der Waals surface area (Å²) in [7, 11) is 0. The molecule has 2 saturated heterocycles. The lowest BCUT2D eigenvalue weighted by Gasteiger charge is -2.45. The molecule has 5 heteroatoms. The summed E-state index contributed by atoms with van der Waals surface area (Å²) >= 11 is 0. The number of nitrogens with one attached hydrogen (secondary N) is 1. The van der Waals surface area contributed by atoms with Crippen molar-refractivity contribution in [3.8, 4) is 11.5 Å². The van der Waals surface area contributed by atoms with Gasteiger partial charge in [0.25, 0.3) is 0 Å². The van der Waals surface area contributed by atoms with E-state index < -0.39 is 0 Å². The maximum absolute atomic E-state index is 10.0. The standard InChI is InChI=1S/C30H34N2O2.ClH/c33-25-10-11-26-28(20-25)34-21-27(22-4-2-1-3-5-22)29(26)23-6-8-24(9-7-23)32-18-14-30(15-19-32)12-16-31-17-13-30;/h1-11,20,27,29,31,33H,12-19,21H2;1H/t27-,29-;/m1./s1. The SMILES string of the molecule is Cl.Oc1ccc2c(c1)OC[C@H](c1ccccc1)[C@@H]2c1ccc(N2CCC3(CCNCC3)CC2)cc1. The summed E-state index contributed by atoms with van der Waals surface area (Å²) in [5.74, 6) is 1.48. The molecule has 2 fully saturated rings. The summed E-state index contributed by atoms with van der Waals surface area (Å²) in [6, 6.07) is 25.5. The van der Waals surface area contributed by atoms with E-state index in [-0.39, 0.29) is 30.0 Å². The molecule has 3 heterocycles. The molecule has 0 aliphatic carbocycles. The molecule has 0 amide bonds. The zero-order valence-corrected chi connectivity index (χ0v) is 21.0. The smallest absolute Gasteiger partial charge is 0.126 e. The number of phenolic OH excluding ortho intramolecular Hbond substituents is 1. The van der Waals surface area contributed by atoms with Gasteiger partial charge in [0.15, 0.2) is 0 Å². The summed E-state index contributed by atoms with van der Waals surface area (Å²) in [4.78, 5) is 2.57. The number of halogens is 1. The van der Waals surface area contributed by atoms with Crippen LogP contribution in [-0.2, 0) is 0 Å². The van der Waals surface area contributed by atoms with Gasteiger partial charge in [-0.1, -0.05) is 48.5 Å². The fourth-order valence-electron chi connectivity index (χ4n) is 6.39. The molecule has 4 nitrogen and oxygen atoms in total. The van der Waals surface area contributed by atoms with Crippen LogP contribution in [0.4, 0.5) is 5.69 Å². The Hall–Kier alpha value is -2.69. The Kier molecular flexibility index (Phi) is 6.95. The van der Waals surface area contributed by atoms with Crippen LogP contribution in [0.25, 0.3) is 0 Å². The third-order valence-electron chi connectivity index (χ3n) is 8.49. The van der Waals surface area contributed by atoms with E-state index in [0.29, 0.717) is 12.0 Å². The van der Waals surface area contributed by atoms with Crippen LogP contribution in [0.1, 0.15) is 54.2 Å². The van der Waals surface area contributed by atoms with Gasteiger partial charge in [0.1, 0.15) is 11.5 Å². The van der Waals surface area contributed by atoms with Crippen molar-refractivity contribution in [1.82, 2.24) is 5.32 Å². The van der Waals surface area contributed by atoms with Crippen molar-refractivity contribution < 1.29 is 9.84 Å². The van der Waals surface area contributed by atoms with E-state index in [1.165, 1.54) is 55.6 Å². The normalized spacial score (nSPS) is 23.1. The van der Waals surface area contributed by atoms with Crippen LogP contribution in [0.3, 0.4) is 0 Å². The van der Waals surface area contributed by atoms with Crippen LogP contribution in [0.5, 0.6) is 11.5 Å². The number of phenols is 1. The predicted octanol–water partition coefficient (Wildman–Crippen LogP) is 6.09. The molecule has 0 bridgehead atoms. The monoisotopic (exact) mass is 490 g/mol. The minimum atomic E-state index is 0. The van der Waals surface area contributed by atoms with Crippen molar-refractivity contribution in [2.75, 3.05) is 37.7 Å². The topological polar surface area (TPSA) is 44.7 Å². The number of hydrogen-bond acceptors (Lipinski definition) is 4. The molecule has 2 atom stereocenters. The molecule has 0 radical (unpaired) electrons. The number of piperidine rings is 2. The van der Waals surface area contributed by atoms with E-state index in [9.17, 15) is 5.11 Å². The van der Waals surface area contributed by atoms with Gasteiger partial charge < -0.3 is 20.1 Å². The molecule has 0 saturated carbocycles. The largest absolute Gasteiger partial charge is 0.508 e. The van der Waals surface area contributed by atoms with Gasteiger partial charge in [-0.3, -0.25) is 0 Å². The molecule has 0 aromatic heterocycles. The van der Waals surface area contributed by atoms with Crippen molar-refractivity contribution >= 4 is 18.1 Å². The lowest BCUT2D eigenvalue weighted by molar-refractivity contribution is 0.155. The Morgan fingerprint density at radius 2 is 1.54 bits per heavy atom. The Labute approximate surface area is 214 Å². The Morgan fingerprint density at radius 3 is 2.26 bits per heavy atom. The molecule has 6 rings (SSSR count). The maximum atomic E-state index is 10.0. The summed E-state index contributed by atoms with van der Waals surface area (Å²) in [6.07, 6.45) is 5.28. The van der Waals surface area contributed by atoms with Crippen LogP contribution in [-0.4, -0.2) is 37.9 Å². The van der Waals surface area contributed by atoms with E-state index in [4.69, 9.17) is 4.74 Å². The van der Waals surface area contributed by atoms with Gasteiger partial charge in [-0.05, 0) is 73.5 Å². The first kappa shape index (κ1) is 24.0. The van der Waals surface area contributed by atoms with Crippen molar-refractivity contribution in [2.45, 2.75) is 37.5 Å². The van der Waals surface area contributed by atoms with Crippen molar-refractivity contribution in [2.24, 2.45) is 5.41 Å². The molecule has 3 aromatic rings. The highest BCUT2D eigenvalue weighted by molar-refractivity contribution is 5.85. The van der Waals surface area contributed by atoms with Gasteiger partial charge in [-0.15, -0.1) is 12.4 Å². The first-order valence-electron chi connectivity index (χ1n) is 12.8. The fourth-order valence-corrected chi connectivity index (χ4v) is 6.39. The average molecular weight is 491 g/mol. The highest BCUT2D eigenvalue weighted by Gasteiger charge is 2.36. The predicted molar refractivity (Wildman–Crippen MR) is 144 cm³/mol. The van der Waals surface area contributed by atoms with Gasteiger partial charge in [0.2, 0.25) is 0 Å². The summed E-state index contributed by atoms with van der Waals surface area (Å²) in [6.45, 7) is 5.29. The number of hydrogen-bond donors (Lipinski definition) is 2. The Balaban J connectivity index is 0.00000253. The lowest BCUT2D eigenvalue weighted by Crippen LogP contribution is -2.45. The fraction of sp³-hybridized carbons (Fsp3) is 0.400. The first-order valence-corrected chi connectivity index (χ1v) is 12.8. The second-order valence-electron chi connectivity index (χ2n) is 10.4. The molecule has 3 aromatic carbocycles. The van der Waals surface area contributed by atoms with Gasteiger partial charge in [-0.2, -0.15) is 0 Å². The number of aromatic hydroxyl groups is 1. The number of benzene rings is 3. The number of ether oxygens (including phenoxy) is 1. The van der Waals surface area contributed by atoms with Gasteiger partial charge in [0.05, 0.1) is 6.61 Å². The van der Waals surface area contributed by atoms with Gasteiger partial charge in [0, 0.05) is 42.2 Å². The summed E-state index contributed by atoms with van der Waals surface area (Å²) < 4.78 is 6.12. The van der Waals surface area contributed by atoms with Gasteiger partial charge in [-0.25, -0.2) is 0 Å². The van der Waals surface area contributed by atoms with E-state index in [1.807, 2.05) is 6.07 Å². The van der Waals surface area contributed by atoms with Crippen molar-refractivity contribution in [3.63, 3.8) is 0 Å². The van der Waals surface area contributed by atoms with Crippen LogP contribution >= 0.6 is 12.4 Å². The van der Waals surface area contributed by atoms with E-state index in [1.54, 1.807) is 12.1 Å². The minimum Gasteiger partial charge on any atom is -0.508 e. The number of fused-ring (bicyclic) bond motifs is 1. The molecule has 35 heavy (non-hydrogen) atoms. The second-order valence-corrected chi connectivity index (χ2v) is 10.4. The number of rotatable bonds is 3. The molecule has 184 valence electrons. The average Bonchev–Trinajstić information content (AvgIpc) is 2.89. The first-order chi connectivity index (χ1) is 16.7. The third kappa shape index (κ3) is 4.74. The molecular weight excluding hydrogens is 456 g/mol.